The van der Waals surface area contributed by atoms with Gasteiger partial charge in [0.25, 0.3) is 0 Å². The number of fused-ring (bicyclic) bond motifs is 14. The molecule has 0 radical (unpaired) electrons. The lowest BCUT2D eigenvalue weighted by atomic mass is 9.38. The van der Waals surface area contributed by atoms with Crippen LogP contribution in [0.3, 0.4) is 0 Å². The second kappa shape index (κ2) is 15.5. The summed E-state index contributed by atoms with van der Waals surface area (Å²) in [5.74, 6) is 1.20. The largest absolute Gasteiger partial charge is 0.307 e. The number of para-hydroxylation sites is 6. The molecule has 0 atom stereocenters. The SMILES string of the molecule is c1ccc(B(c2cnc(-n3c4ccccc4c4ccc5c6ccccc6n(-c6ccccc6)c5c43)nc2)c2cnc(-n3c4ccccc4c4ccc5c6ccccc6n(-c6ccccc6)c5c43)nc2)cc1. The van der Waals surface area contributed by atoms with Crippen LogP contribution in [0.5, 0.6) is 0 Å². The number of hydrogen-bond donors (Lipinski definition) is 0. The fourth-order valence-corrected chi connectivity index (χ4v) is 11.5. The molecule has 0 fully saturated rings. The Morgan fingerprint density at radius 2 is 0.521 bits per heavy atom. The zero-order chi connectivity index (χ0) is 46.6. The summed E-state index contributed by atoms with van der Waals surface area (Å²) in [6.45, 7) is -0.241. The minimum atomic E-state index is -0.241. The fraction of sp³-hybridized carbons (Fsp3) is 0. The van der Waals surface area contributed by atoms with E-state index in [2.05, 4.69) is 231 Å². The van der Waals surface area contributed by atoms with Gasteiger partial charge in [-0.1, -0.05) is 169 Å². The van der Waals surface area contributed by atoms with Gasteiger partial charge in [-0.3, -0.25) is 9.13 Å². The normalized spacial score (nSPS) is 11.9. The number of nitrogens with zero attached hydrogens (tertiary/aromatic N) is 8. The van der Waals surface area contributed by atoms with Crippen LogP contribution < -0.4 is 16.4 Å². The molecule has 6 aromatic heterocycles. The predicted molar refractivity (Wildman–Crippen MR) is 293 cm³/mol. The van der Waals surface area contributed by atoms with Gasteiger partial charge in [0.15, 0.2) is 0 Å². The van der Waals surface area contributed by atoms with Crippen molar-refractivity contribution in [1.29, 1.82) is 0 Å². The number of rotatable bonds is 7. The molecule has 8 nitrogen and oxygen atoms in total. The lowest BCUT2D eigenvalue weighted by Crippen LogP contribution is -2.52. The van der Waals surface area contributed by atoms with Crippen LogP contribution in [0.15, 0.2) is 237 Å². The average molecular weight is 907 g/mol. The molecule has 9 heteroatoms. The van der Waals surface area contributed by atoms with Crippen molar-refractivity contribution in [2.24, 2.45) is 0 Å². The summed E-state index contributed by atoms with van der Waals surface area (Å²) in [6.07, 6.45) is 7.92. The van der Waals surface area contributed by atoms with Gasteiger partial charge in [-0.05, 0) is 59.5 Å². The van der Waals surface area contributed by atoms with E-state index in [0.29, 0.717) is 11.9 Å². The Balaban J connectivity index is 0.905. The monoisotopic (exact) mass is 906 g/mol. The first-order chi connectivity index (χ1) is 35.3. The van der Waals surface area contributed by atoms with Gasteiger partial charge >= 0.3 is 0 Å². The topological polar surface area (TPSA) is 71.3 Å². The third-order valence-corrected chi connectivity index (χ3v) is 14.5. The van der Waals surface area contributed by atoms with Crippen LogP contribution in [0.2, 0.25) is 0 Å². The molecule has 0 amide bonds. The van der Waals surface area contributed by atoms with Gasteiger partial charge in [0, 0.05) is 79.3 Å². The van der Waals surface area contributed by atoms with Gasteiger partial charge in [-0.2, -0.15) is 0 Å². The zero-order valence-corrected chi connectivity index (χ0v) is 38.2. The van der Waals surface area contributed by atoms with E-state index in [1.807, 2.05) is 24.8 Å². The maximum absolute atomic E-state index is 5.26. The number of hydrogen-bond acceptors (Lipinski definition) is 4. The first kappa shape index (κ1) is 39.4. The van der Waals surface area contributed by atoms with Crippen molar-refractivity contribution in [1.82, 2.24) is 38.2 Å². The summed E-state index contributed by atoms with van der Waals surface area (Å²) in [6, 6.07) is 75.3. The fourth-order valence-electron chi connectivity index (χ4n) is 11.5. The molecule has 6 heterocycles. The third-order valence-electron chi connectivity index (χ3n) is 14.5. The second-order valence-electron chi connectivity index (χ2n) is 18.3. The molecule has 15 rings (SSSR count). The highest BCUT2D eigenvalue weighted by molar-refractivity contribution is 6.95. The molecular weight excluding hydrogens is 868 g/mol. The third kappa shape index (κ3) is 5.80. The van der Waals surface area contributed by atoms with E-state index in [4.69, 9.17) is 19.9 Å². The first-order valence-electron chi connectivity index (χ1n) is 24.0. The van der Waals surface area contributed by atoms with Crippen molar-refractivity contribution in [3.63, 3.8) is 0 Å². The molecule has 0 aliphatic heterocycles. The highest BCUT2D eigenvalue weighted by atomic mass is 15.2. The Morgan fingerprint density at radius 3 is 0.873 bits per heavy atom. The van der Waals surface area contributed by atoms with Crippen molar-refractivity contribution in [3.8, 4) is 23.3 Å². The molecule has 9 aromatic carbocycles. The van der Waals surface area contributed by atoms with E-state index in [0.717, 1.165) is 93.4 Å². The lowest BCUT2D eigenvalue weighted by molar-refractivity contribution is 0.991. The molecule has 0 bridgehead atoms. The van der Waals surface area contributed by atoms with Gasteiger partial charge in [0.2, 0.25) is 18.6 Å². The Morgan fingerprint density at radius 1 is 0.239 bits per heavy atom. The molecule has 71 heavy (non-hydrogen) atoms. The van der Waals surface area contributed by atoms with Crippen LogP contribution in [-0.4, -0.2) is 44.9 Å². The van der Waals surface area contributed by atoms with E-state index >= 15 is 0 Å². The molecule has 330 valence electrons. The molecule has 15 aromatic rings. The Hall–Kier alpha value is -9.60. The van der Waals surface area contributed by atoms with E-state index in [1.54, 1.807) is 0 Å². The summed E-state index contributed by atoms with van der Waals surface area (Å²) >= 11 is 0. The van der Waals surface area contributed by atoms with Gasteiger partial charge in [0.05, 0.1) is 44.1 Å². The second-order valence-corrected chi connectivity index (χ2v) is 18.3. The van der Waals surface area contributed by atoms with E-state index < -0.39 is 0 Å². The van der Waals surface area contributed by atoms with Crippen LogP contribution in [0.4, 0.5) is 0 Å². The van der Waals surface area contributed by atoms with Crippen molar-refractivity contribution < 1.29 is 0 Å². The number of benzene rings is 9. The van der Waals surface area contributed by atoms with E-state index in [-0.39, 0.29) is 6.71 Å². The van der Waals surface area contributed by atoms with Crippen molar-refractivity contribution >= 4 is 110 Å². The van der Waals surface area contributed by atoms with Gasteiger partial charge < -0.3 is 9.13 Å². The van der Waals surface area contributed by atoms with Gasteiger partial charge in [-0.25, -0.2) is 19.9 Å². The smallest absolute Gasteiger partial charge is 0.249 e. The lowest BCUT2D eigenvalue weighted by Gasteiger charge is -2.16. The number of aromatic nitrogens is 8. The van der Waals surface area contributed by atoms with Crippen molar-refractivity contribution in [2.75, 3.05) is 0 Å². The molecule has 0 saturated heterocycles. The van der Waals surface area contributed by atoms with Crippen molar-refractivity contribution in [3.05, 3.63) is 237 Å². The summed E-state index contributed by atoms with van der Waals surface area (Å²) in [5.41, 5.74) is 13.9. The van der Waals surface area contributed by atoms with Gasteiger partial charge in [-0.15, -0.1) is 0 Å². The molecule has 0 unspecified atom stereocenters. The van der Waals surface area contributed by atoms with Gasteiger partial charge in [0.1, 0.15) is 0 Å². The minimum absolute atomic E-state index is 0.241. The minimum Gasteiger partial charge on any atom is -0.307 e. The summed E-state index contributed by atoms with van der Waals surface area (Å²) in [5, 5.41) is 9.32. The quantitative estimate of drug-likeness (QED) is 0.149. The van der Waals surface area contributed by atoms with E-state index in [9.17, 15) is 0 Å². The molecule has 0 N–H and O–H groups in total. The van der Waals surface area contributed by atoms with Crippen LogP contribution >= 0.6 is 0 Å². The highest BCUT2D eigenvalue weighted by Gasteiger charge is 2.27. The Kier molecular flexibility index (Phi) is 8.58. The molecule has 0 aliphatic rings. The maximum Gasteiger partial charge on any atom is 0.249 e. The summed E-state index contributed by atoms with van der Waals surface area (Å²) in [4.78, 5) is 21.0. The molecule has 0 aliphatic carbocycles. The predicted octanol–water partition coefficient (Wildman–Crippen LogP) is 12.2. The molecule has 0 saturated carbocycles. The molecular formula is C62H39BN8. The van der Waals surface area contributed by atoms with Crippen LogP contribution in [0, 0.1) is 0 Å². The standard InChI is InChI=1S/C62H39BN8/c1-4-18-40(19-5-1)63(41-36-64-61(65-37-41)70-55-30-16-12-26-47(55)51-34-32-49-45-24-10-14-28-53(45)68(57(49)59(51)70)43-20-6-2-7-21-43)42-38-66-62(67-39-42)71-56-31-17-13-27-48(56)52-35-33-50-46-25-11-15-29-54(46)69(58(50)60(52)71)44-22-8-3-9-23-44/h1-39H. The Bertz CT molecular complexity index is 4280. The Labute approximate surface area is 407 Å². The van der Waals surface area contributed by atoms with Crippen molar-refractivity contribution in [2.45, 2.75) is 0 Å². The average Bonchev–Trinajstić information content (AvgIpc) is 4.18. The zero-order valence-electron chi connectivity index (χ0n) is 38.2. The first-order valence-corrected chi connectivity index (χ1v) is 24.0. The van der Waals surface area contributed by atoms with Crippen LogP contribution in [0.25, 0.3) is 110 Å². The molecule has 0 spiro atoms. The summed E-state index contributed by atoms with van der Waals surface area (Å²) in [7, 11) is 0. The van der Waals surface area contributed by atoms with Crippen LogP contribution in [0.1, 0.15) is 0 Å². The maximum atomic E-state index is 5.26. The van der Waals surface area contributed by atoms with E-state index in [1.165, 1.54) is 21.5 Å². The highest BCUT2D eigenvalue weighted by Crippen LogP contribution is 2.43. The van der Waals surface area contributed by atoms with Crippen LogP contribution in [-0.2, 0) is 0 Å². The summed E-state index contributed by atoms with van der Waals surface area (Å²) < 4.78 is 9.25.